The highest BCUT2D eigenvalue weighted by Crippen LogP contribution is 2.77. The van der Waals surface area contributed by atoms with Crippen LogP contribution in [0.2, 0.25) is 0 Å². The fraction of sp³-hybridized carbons (Fsp3) is 0.769. The fourth-order valence-corrected chi connectivity index (χ4v) is 13.1. The zero-order chi connectivity index (χ0) is 33.3. The third kappa shape index (κ3) is 5.04. The molecule has 5 fully saturated rings. The predicted octanol–water partition coefficient (Wildman–Crippen LogP) is 6.70. The number of primary amides is 1. The van der Waals surface area contributed by atoms with Gasteiger partial charge in [-0.3, -0.25) is 0 Å². The number of fused-ring (bicyclic) bond motifs is 7. The van der Waals surface area contributed by atoms with Gasteiger partial charge >= 0.3 is 12.0 Å². The number of nitrogens with one attached hydrogen (secondary N) is 1. The van der Waals surface area contributed by atoms with E-state index in [1.807, 2.05) is 29.1 Å². The van der Waals surface area contributed by atoms with Crippen molar-refractivity contribution in [3.63, 3.8) is 0 Å². The first-order valence-corrected chi connectivity index (χ1v) is 18.1. The van der Waals surface area contributed by atoms with E-state index in [-0.39, 0.29) is 45.7 Å². The summed E-state index contributed by atoms with van der Waals surface area (Å²) in [6.07, 6.45) is 15.3. The summed E-state index contributed by atoms with van der Waals surface area (Å²) in [5.41, 5.74) is 8.12. The second kappa shape index (κ2) is 11.6. The third-order valence-electron chi connectivity index (χ3n) is 15.5. The smallest absolute Gasteiger partial charge is 0.372 e. The number of esters is 1. The van der Waals surface area contributed by atoms with Crippen molar-refractivity contribution in [3.05, 3.63) is 42.2 Å². The van der Waals surface area contributed by atoms with E-state index in [0.29, 0.717) is 42.7 Å². The zero-order valence-electron chi connectivity index (χ0n) is 29.4. The van der Waals surface area contributed by atoms with Crippen molar-refractivity contribution in [3.8, 4) is 0 Å². The highest BCUT2D eigenvalue weighted by molar-refractivity contribution is 5.71. The van der Waals surface area contributed by atoms with Gasteiger partial charge in [0.15, 0.2) is 12.4 Å². The fourth-order valence-electron chi connectivity index (χ4n) is 13.1. The Kier molecular flexibility index (Phi) is 8.47. The molecule has 5 saturated carbocycles. The van der Waals surface area contributed by atoms with Gasteiger partial charge in [-0.15, -0.1) is 0 Å². The van der Waals surface area contributed by atoms with Crippen LogP contribution in [0, 0.1) is 56.7 Å². The standard InChI is InChI=1S/C39H59N3O4/c1-25(2)27-12-17-39(24-43)19-18-37(6)28(33(27)39)10-11-30-36(5)15-14-31(35(3,4)29(36)13-16-38(30,37)7)46-32(44)23-42-20-8-9-26(22-42)21-41-34(40)45/h8-9,20,22,27-31,33,43H,1,10-19,21,23-24H2,2-7H3,(H2-,40,41,45)/p+1/t27-,28?,29?,30?,31-,33?,36-,37+,38+,39+/m0/s1. The average Bonchev–Trinajstić information content (AvgIpc) is 3.39. The van der Waals surface area contributed by atoms with Crippen molar-refractivity contribution in [2.75, 3.05) is 6.61 Å². The number of carbonyl (C=O) groups excluding carboxylic acids is 2. The lowest BCUT2D eigenvalue weighted by Gasteiger charge is -2.73. The lowest BCUT2D eigenvalue weighted by Crippen LogP contribution is -2.67. The van der Waals surface area contributed by atoms with Crippen molar-refractivity contribution >= 4 is 12.0 Å². The first kappa shape index (κ1) is 33.5. The van der Waals surface area contributed by atoms with Gasteiger partial charge in [-0.05, 0) is 128 Å². The molecule has 0 saturated heterocycles. The van der Waals surface area contributed by atoms with Gasteiger partial charge < -0.3 is 20.9 Å². The molecule has 4 N–H and O–H groups in total. The van der Waals surface area contributed by atoms with Gasteiger partial charge in [-0.1, -0.05) is 46.8 Å². The van der Waals surface area contributed by atoms with Gasteiger partial charge in [0.1, 0.15) is 6.10 Å². The quantitative estimate of drug-likeness (QED) is 0.176. The zero-order valence-corrected chi connectivity index (χ0v) is 29.4. The van der Waals surface area contributed by atoms with Crippen molar-refractivity contribution in [1.29, 1.82) is 0 Å². The monoisotopic (exact) mass is 634 g/mol. The summed E-state index contributed by atoms with van der Waals surface area (Å²) in [6, 6.07) is 3.20. The maximum absolute atomic E-state index is 13.3. The summed E-state index contributed by atoms with van der Waals surface area (Å²) in [4.78, 5) is 24.5. The van der Waals surface area contributed by atoms with E-state index in [1.54, 1.807) is 0 Å². The Hall–Kier alpha value is -2.41. The number of rotatable bonds is 7. The van der Waals surface area contributed by atoms with Crippen LogP contribution in [0.1, 0.15) is 111 Å². The van der Waals surface area contributed by atoms with Gasteiger partial charge in [0.05, 0.1) is 6.54 Å². The number of nitrogens with zero attached hydrogens (tertiary/aromatic N) is 1. The number of aromatic nitrogens is 1. The number of ether oxygens (including phenoxy) is 1. The van der Waals surface area contributed by atoms with E-state index in [1.165, 1.54) is 44.1 Å². The van der Waals surface area contributed by atoms with Crippen LogP contribution >= 0.6 is 0 Å². The van der Waals surface area contributed by atoms with Crippen LogP contribution in [0.3, 0.4) is 0 Å². The van der Waals surface area contributed by atoms with Gasteiger partial charge in [0, 0.05) is 23.7 Å². The molecule has 1 heterocycles. The number of aliphatic hydroxyl groups is 1. The molecule has 0 aromatic carbocycles. The largest absolute Gasteiger partial charge is 0.457 e. The molecule has 10 atom stereocenters. The molecule has 1 aromatic heterocycles. The van der Waals surface area contributed by atoms with E-state index in [4.69, 9.17) is 10.5 Å². The number of urea groups is 1. The van der Waals surface area contributed by atoms with Gasteiger partial charge in [-0.2, -0.15) is 4.57 Å². The van der Waals surface area contributed by atoms with Gasteiger partial charge in [0.25, 0.3) is 0 Å². The number of hydrogen-bond donors (Lipinski definition) is 3. The van der Waals surface area contributed by atoms with Crippen LogP contribution < -0.4 is 15.6 Å². The molecule has 254 valence electrons. The van der Waals surface area contributed by atoms with E-state index in [2.05, 4.69) is 53.4 Å². The van der Waals surface area contributed by atoms with Gasteiger partial charge in [0.2, 0.25) is 6.54 Å². The van der Waals surface area contributed by atoms with Crippen molar-refractivity contribution in [2.24, 2.45) is 62.4 Å². The molecular formula is C39H60N3O4+. The number of allylic oxidation sites excluding steroid dienone is 1. The van der Waals surface area contributed by atoms with Crippen molar-refractivity contribution in [2.45, 2.75) is 125 Å². The van der Waals surface area contributed by atoms with Crippen LogP contribution in [0.15, 0.2) is 36.7 Å². The Morgan fingerprint density at radius 2 is 1.76 bits per heavy atom. The first-order valence-electron chi connectivity index (χ1n) is 18.1. The summed E-state index contributed by atoms with van der Waals surface area (Å²) in [5, 5.41) is 13.4. The number of amides is 2. The van der Waals surface area contributed by atoms with Crippen molar-refractivity contribution in [1.82, 2.24) is 5.32 Å². The minimum absolute atomic E-state index is 0.0853. The second-order valence-electron chi connectivity index (χ2n) is 17.6. The molecule has 0 radical (unpaired) electrons. The molecule has 2 amide bonds. The van der Waals surface area contributed by atoms with E-state index >= 15 is 0 Å². The molecule has 7 nitrogen and oxygen atoms in total. The summed E-state index contributed by atoms with van der Waals surface area (Å²) < 4.78 is 8.16. The van der Waals surface area contributed by atoms with Crippen molar-refractivity contribution < 1.29 is 24.0 Å². The molecule has 4 unspecified atom stereocenters. The Morgan fingerprint density at radius 1 is 1.00 bits per heavy atom. The highest BCUT2D eigenvalue weighted by Gasteiger charge is 2.71. The van der Waals surface area contributed by atoms with Crippen LogP contribution in [-0.4, -0.2) is 29.8 Å². The molecule has 0 aliphatic heterocycles. The number of aliphatic hydroxyl groups excluding tert-OH is 1. The maximum atomic E-state index is 13.3. The SMILES string of the molecule is C=C(C)[C@@H]1CC[C@]2(CO)CC[C@]3(C)C(CCC4[C@@]5(C)CC[C@H](OC(=O)C[n+]6cccc(CNC(N)=O)c6)C(C)(C)C5CC[C@]43C)C12. The molecule has 6 rings (SSSR count). The summed E-state index contributed by atoms with van der Waals surface area (Å²) in [7, 11) is 0. The number of carbonyl (C=O) groups is 2. The molecule has 7 heteroatoms. The van der Waals surface area contributed by atoms with Crippen LogP contribution in [0.5, 0.6) is 0 Å². The highest BCUT2D eigenvalue weighted by atomic mass is 16.5. The number of pyridine rings is 1. The molecule has 46 heavy (non-hydrogen) atoms. The summed E-state index contributed by atoms with van der Waals surface area (Å²) in [6.45, 7) is 20.1. The van der Waals surface area contributed by atoms with Crippen LogP contribution in [0.25, 0.3) is 0 Å². The predicted molar refractivity (Wildman–Crippen MR) is 179 cm³/mol. The Labute approximate surface area is 277 Å². The van der Waals surface area contributed by atoms with E-state index < -0.39 is 6.03 Å². The molecule has 0 bridgehead atoms. The molecule has 0 spiro atoms. The topological polar surface area (TPSA) is 106 Å². The Morgan fingerprint density at radius 3 is 2.46 bits per heavy atom. The number of hydrogen-bond acceptors (Lipinski definition) is 4. The minimum Gasteiger partial charge on any atom is -0.457 e. The Balaban J connectivity index is 1.19. The normalized spacial score (nSPS) is 42.5. The molecular weight excluding hydrogens is 574 g/mol. The van der Waals surface area contributed by atoms with E-state index in [0.717, 1.165) is 31.2 Å². The third-order valence-corrected chi connectivity index (χ3v) is 15.5. The first-order chi connectivity index (χ1) is 21.6. The van der Waals surface area contributed by atoms with E-state index in [9.17, 15) is 14.7 Å². The molecule has 5 aliphatic rings. The Bertz CT molecular complexity index is 1380. The molecule has 1 aromatic rings. The lowest BCUT2D eigenvalue weighted by atomic mass is 9.32. The van der Waals surface area contributed by atoms with Gasteiger partial charge in [-0.25, -0.2) is 9.59 Å². The summed E-state index contributed by atoms with van der Waals surface area (Å²) in [5.74, 6) is 2.68. The minimum atomic E-state index is -0.570. The van der Waals surface area contributed by atoms with Crippen LogP contribution in [-0.2, 0) is 22.6 Å². The summed E-state index contributed by atoms with van der Waals surface area (Å²) >= 11 is 0. The lowest BCUT2D eigenvalue weighted by molar-refractivity contribution is -0.686. The average molecular weight is 635 g/mol. The number of nitrogens with two attached hydrogens (primary N) is 1. The molecule has 5 aliphatic carbocycles. The maximum Gasteiger partial charge on any atom is 0.372 e. The second-order valence-corrected chi connectivity index (χ2v) is 17.6. The van der Waals surface area contributed by atoms with Crippen LogP contribution in [0.4, 0.5) is 4.79 Å².